The van der Waals surface area contributed by atoms with Gasteiger partial charge in [0.05, 0.1) is 17.7 Å². The van der Waals surface area contributed by atoms with Crippen molar-refractivity contribution in [1.29, 1.82) is 0 Å². The molecule has 0 aliphatic heterocycles. The molecule has 186 valence electrons. The van der Waals surface area contributed by atoms with Crippen molar-refractivity contribution in [3.8, 4) is 22.8 Å². The van der Waals surface area contributed by atoms with Crippen molar-refractivity contribution in [2.45, 2.75) is 31.7 Å². The highest BCUT2D eigenvalue weighted by atomic mass is 35.5. The normalized spacial score (nSPS) is 23.1. The Kier molecular flexibility index (Phi) is 5.14. The number of anilines is 1. The molecule has 37 heavy (non-hydrogen) atoms. The van der Waals surface area contributed by atoms with E-state index >= 15 is 0 Å². The van der Waals surface area contributed by atoms with Crippen LogP contribution < -0.4 is 5.32 Å². The third-order valence-corrected chi connectivity index (χ3v) is 8.00. The van der Waals surface area contributed by atoms with Crippen LogP contribution in [0.5, 0.6) is 0 Å². The zero-order valence-corrected chi connectivity index (χ0v) is 20.4. The standard InChI is InChI=1S/C27H23ClN6O3/c28-20-12-30-26-24(32-20)16(11-29-26)25-31-17(19-9-15-3-1-2-4-18(15)37-19)10-21(34-25)33-23-14-7-5-13(6-8-14)22(23)27(35)36/h1-4,9-14,22-23H,5-8H2,(H,29,30)(H,35,36)(H,31,33,34). The number of aromatic nitrogens is 5. The number of carbonyl (C=O) groups is 1. The van der Waals surface area contributed by atoms with Crippen LogP contribution in [0.1, 0.15) is 25.7 Å². The summed E-state index contributed by atoms with van der Waals surface area (Å²) in [7, 11) is 0. The molecule has 0 saturated heterocycles. The summed E-state index contributed by atoms with van der Waals surface area (Å²) in [6, 6.07) is 11.3. The van der Waals surface area contributed by atoms with E-state index in [1.54, 1.807) is 6.20 Å². The zero-order chi connectivity index (χ0) is 25.1. The van der Waals surface area contributed by atoms with Crippen LogP contribution in [0.4, 0.5) is 5.82 Å². The smallest absolute Gasteiger partial charge is 0.308 e. The number of hydrogen-bond acceptors (Lipinski definition) is 7. The number of benzene rings is 1. The van der Waals surface area contributed by atoms with Gasteiger partial charge in [-0.05, 0) is 49.7 Å². The van der Waals surface area contributed by atoms with Crippen molar-refractivity contribution in [2.24, 2.45) is 17.8 Å². The molecule has 0 radical (unpaired) electrons. The lowest BCUT2D eigenvalue weighted by atomic mass is 9.61. The fourth-order valence-corrected chi connectivity index (χ4v) is 6.23. The first-order valence-corrected chi connectivity index (χ1v) is 12.8. The van der Waals surface area contributed by atoms with E-state index in [1.165, 1.54) is 6.20 Å². The van der Waals surface area contributed by atoms with Crippen molar-refractivity contribution in [2.75, 3.05) is 5.32 Å². The van der Waals surface area contributed by atoms with Crippen LogP contribution in [0.25, 0.3) is 45.0 Å². The molecule has 1 aromatic carbocycles. The molecule has 2 bridgehead atoms. The molecule has 5 aromatic rings. The van der Waals surface area contributed by atoms with E-state index in [2.05, 4.69) is 20.3 Å². The second kappa shape index (κ2) is 8.55. The summed E-state index contributed by atoms with van der Waals surface area (Å²) in [5.74, 6) is 0.833. The number of fused-ring (bicyclic) bond motifs is 5. The summed E-state index contributed by atoms with van der Waals surface area (Å²) in [4.78, 5) is 33.7. The number of para-hydroxylation sites is 1. The molecule has 9 nitrogen and oxygen atoms in total. The minimum atomic E-state index is -0.750. The fraction of sp³-hybridized carbons (Fsp3) is 0.296. The second-order valence-corrected chi connectivity index (χ2v) is 10.3. The molecular formula is C27H23ClN6O3. The molecule has 10 heteroatoms. The maximum atomic E-state index is 12.2. The Morgan fingerprint density at radius 3 is 2.70 bits per heavy atom. The third kappa shape index (κ3) is 3.81. The molecular weight excluding hydrogens is 492 g/mol. The molecule has 3 N–H and O–H groups in total. The van der Waals surface area contributed by atoms with E-state index in [1.807, 2.05) is 36.4 Å². The molecule has 3 fully saturated rings. The first-order chi connectivity index (χ1) is 18.0. The molecule has 2 atom stereocenters. The highest BCUT2D eigenvalue weighted by Gasteiger charge is 2.47. The number of aliphatic carboxylic acids is 1. The lowest BCUT2D eigenvalue weighted by Crippen LogP contribution is -2.51. The van der Waals surface area contributed by atoms with Crippen LogP contribution in [0.2, 0.25) is 5.15 Å². The number of nitrogens with zero attached hydrogens (tertiary/aromatic N) is 4. The van der Waals surface area contributed by atoms with E-state index in [4.69, 9.17) is 26.0 Å². The van der Waals surface area contributed by atoms with Crippen molar-refractivity contribution in [3.05, 3.63) is 53.9 Å². The van der Waals surface area contributed by atoms with E-state index in [9.17, 15) is 9.90 Å². The Bertz CT molecular complexity index is 1620. The highest BCUT2D eigenvalue weighted by Crippen LogP contribution is 2.46. The molecule has 4 heterocycles. The Morgan fingerprint density at radius 2 is 1.89 bits per heavy atom. The van der Waals surface area contributed by atoms with Gasteiger partial charge in [0.25, 0.3) is 0 Å². The molecule has 8 rings (SSSR count). The fourth-order valence-electron chi connectivity index (χ4n) is 6.10. The summed E-state index contributed by atoms with van der Waals surface area (Å²) < 4.78 is 6.12. The average Bonchev–Trinajstić information content (AvgIpc) is 3.53. The summed E-state index contributed by atoms with van der Waals surface area (Å²) in [6.45, 7) is 0. The zero-order valence-electron chi connectivity index (χ0n) is 19.7. The number of H-pyrrole nitrogens is 1. The molecule has 2 unspecified atom stereocenters. The minimum Gasteiger partial charge on any atom is -0.481 e. The second-order valence-electron chi connectivity index (χ2n) is 9.91. The van der Waals surface area contributed by atoms with Crippen LogP contribution in [0.3, 0.4) is 0 Å². The van der Waals surface area contributed by atoms with Gasteiger partial charge in [0.15, 0.2) is 17.2 Å². The van der Waals surface area contributed by atoms with Gasteiger partial charge < -0.3 is 19.8 Å². The average molecular weight is 515 g/mol. The Balaban J connectivity index is 1.36. The largest absolute Gasteiger partial charge is 0.481 e. The highest BCUT2D eigenvalue weighted by molar-refractivity contribution is 6.29. The van der Waals surface area contributed by atoms with Crippen molar-refractivity contribution in [1.82, 2.24) is 24.9 Å². The van der Waals surface area contributed by atoms with Gasteiger partial charge in [-0.25, -0.2) is 19.9 Å². The van der Waals surface area contributed by atoms with Gasteiger partial charge in [0.1, 0.15) is 27.8 Å². The number of hydrogen-bond donors (Lipinski definition) is 3. The number of aromatic amines is 1. The summed E-state index contributed by atoms with van der Waals surface area (Å²) >= 11 is 6.14. The summed E-state index contributed by atoms with van der Waals surface area (Å²) in [5, 5.41) is 14.8. The van der Waals surface area contributed by atoms with Crippen LogP contribution >= 0.6 is 11.6 Å². The predicted octanol–water partition coefficient (Wildman–Crippen LogP) is 5.78. The maximum Gasteiger partial charge on any atom is 0.308 e. The van der Waals surface area contributed by atoms with Crippen molar-refractivity contribution < 1.29 is 14.3 Å². The Morgan fingerprint density at radius 1 is 1.08 bits per heavy atom. The Hall–Kier alpha value is -3.98. The van der Waals surface area contributed by atoms with Crippen LogP contribution in [-0.2, 0) is 4.79 Å². The first kappa shape index (κ1) is 22.2. The third-order valence-electron chi connectivity index (χ3n) is 7.82. The van der Waals surface area contributed by atoms with Crippen LogP contribution in [0.15, 0.2) is 53.2 Å². The predicted molar refractivity (Wildman–Crippen MR) is 139 cm³/mol. The lowest BCUT2D eigenvalue weighted by Gasteiger charge is -2.47. The summed E-state index contributed by atoms with van der Waals surface area (Å²) in [6.07, 6.45) is 7.22. The van der Waals surface area contributed by atoms with Gasteiger partial charge in [0, 0.05) is 23.7 Å². The van der Waals surface area contributed by atoms with E-state index in [-0.39, 0.29) is 23.0 Å². The van der Waals surface area contributed by atoms with Crippen LogP contribution in [-0.4, -0.2) is 42.0 Å². The number of carboxylic acids is 1. The minimum absolute atomic E-state index is 0.183. The number of nitrogens with one attached hydrogen (secondary N) is 2. The topological polar surface area (TPSA) is 130 Å². The monoisotopic (exact) mass is 514 g/mol. The number of rotatable bonds is 5. The SMILES string of the molecule is O=C(O)C1C2CCC(CC2)C1Nc1cc(-c2cc3ccccc3o2)nc(-c2c[nH]c3ncc(Cl)nc23)n1. The molecule has 0 amide bonds. The molecule has 3 saturated carbocycles. The quantitative estimate of drug-likeness (QED) is 0.269. The Labute approximate surface area is 216 Å². The molecule has 3 aliphatic carbocycles. The lowest BCUT2D eigenvalue weighted by molar-refractivity contribution is -0.148. The molecule has 0 spiro atoms. The van der Waals surface area contributed by atoms with Crippen molar-refractivity contribution >= 4 is 45.5 Å². The van der Waals surface area contributed by atoms with E-state index < -0.39 is 11.9 Å². The first-order valence-electron chi connectivity index (χ1n) is 12.4. The van der Waals surface area contributed by atoms with Gasteiger partial charge in [-0.1, -0.05) is 29.8 Å². The number of furan rings is 1. The maximum absolute atomic E-state index is 12.2. The summed E-state index contributed by atoms with van der Waals surface area (Å²) in [5.41, 5.74) is 3.11. The van der Waals surface area contributed by atoms with E-state index in [0.717, 1.165) is 36.7 Å². The van der Waals surface area contributed by atoms with Gasteiger partial charge in [0.2, 0.25) is 0 Å². The number of carboxylic acid groups (broad SMARTS) is 1. The van der Waals surface area contributed by atoms with Gasteiger partial charge in [-0.2, -0.15) is 0 Å². The van der Waals surface area contributed by atoms with E-state index in [0.29, 0.717) is 39.8 Å². The molecule has 3 aliphatic rings. The van der Waals surface area contributed by atoms with Gasteiger partial charge >= 0.3 is 5.97 Å². The van der Waals surface area contributed by atoms with Crippen LogP contribution in [0, 0.1) is 17.8 Å². The van der Waals surface area contributed by atoms with Gasteiger partial charge in [-0.15, -0.1) is 0 Å². The molecule has 4 aromatic heterocycles. The van der Waals surface area contributed by atoms with Gasteiger partial charge in [-0.3, -0.25) is 4.79 Å². The van der Waals surface area contributed by atoms with Crippen molar-refractivity contribution in [3.63, 3.8) is 0 Å². The number of halogens is 1.